The predicted molar refractivity (Wildman–Crippen MR) is 127 cm³/mol. The van der Waals surface area contributed by atoms with Crippen molar-refractivity contribution < 1.29 is 19.1 Å². The van der Waals surface area contributed by atoms with E-state index in [4.69, 9.17) is 15.2 Å². The molecule has 1 aliphatic rings. The molecule has 3 rings (SSSR count). The number of fused-ring (bicyclic) bond motifs is 1. The Labute approximate surface area is 194 Å². The number of nitrogens with one attached hydrogen (secondary N) is 2. The maximum Gasteiger partial charge on any atom is 0.328 e. The number of benzene rings is 2. The Hall–Kier alpha value is -2.55. The van der Waals surface area contributed by atoms with Crippen molar-refractivity contribution in [3.63, 3.8) is 0 Å². The maximum absolute atomic E-state index is 13.2. The Bertz CT molecular complexity index is 909. The molecular weight excluding hydrogens is 426 g/mol. The molecule has 7 nitrogen and oxygen atoms in total. The number of hydrogen-bond acceptors (Lipinski definition) is 7. The SMILES string of the molecule is CCOC(=O)[C@H](Cc1ccccc1)NC(=O)c1cccc2c1OCCC2NC[C@@H](N)CS. The molecule has 0 aliphatic carbocycles. The number of carbonyl (C=O) groups excluding carboxylic acids is 2. The van der Waals surface area contributed by atoms with Gasteiger partial charge in [0.05, 0.1) is 18.8 Å². The number of thiol groups is 1. The summed E-state index contributed by atoms with van der Waals surface area (Å²) in [6.07, 6.45) is 1.11. The van der Waals surface area contributed by atoms with Gasteiger partial charge in [0.25, 0.3) is 5.91 Å². The average molecular weight is 458 g/mol. The van der Waals surface area contributed by atoms with Crippen LogP contribution in [0.1, 0.15) is 40.9 Å². The van der Waals surface area contributed by atoms with Crippen LogP contribution >= 0.6 is 12.6 Å². The second kappa shape index (κ2) is 11.9. The number of amides is 1. The molecule has 2 aromatic carbocycles. The molecule has 4 N–H and O–H groups in total. The first-order valence-corrected chi connectivity index (χ1v) is 11.5. The highest BCUT2D eigenvalue weighted by atomic mass is 32.1. The average Bonchev–Trinajstić information content (AvgIpc) is 2.82. The summed E-state index contributed by atoms with van der Waals surface area (Å²) in [7, 11) is 0. The summed E-state index contributed by atoms with van der Waals surface area (Å²) in [5, 5.41) is 6.29. The van der Waals surface area contributed by atoms with E-state index >= 15 is 0 Å². The summed E-state index contributed by atoms with van der Waals surface area (Å²) < 4.78 is 11.1. The number of para-hydroxylation sites is 1. The quantitative estimate of drug-likeness (QED) is 0.322. The first-order valence-electron chi connectivity index (χ1n) is 10.9. The molecule has 0 aromatic heterocycles. The van der Waals surface area contributed by atoms with Crippen molar-refractivity contribution in [2.45, 2.75) is 37.9 Å². The zero-order chi connectivity index (χ0) is 22.9. The van der Waals surface area contributed by atoms with Crippen molar-refractivity contribution in [3.05, 3.63) is 65.2 Å². The Morgan fingerprint density at radius 2 is 2.00 bits per heavy atom. The highest BCUT2D eigenvalue weighted by Crippen LogP contribution is 2.35. The molecule has 1 heterocycles. The molecule has 0 fully saturated rings. The van der Waals surface area contributed by atoms with Gasteiger partial charge in [-0.2, -0.15) is 12.6 Å². The summed E-state index contributed by atoms with van der Waals surface area (Å²) in [6.45, 7) is 3.08. The number of hydrogen-bond donors (Lipinski definition) is 4. The zero-order valence-electron chi connectivity index (χ0n) is 18.3. The zero-order valence-corrected chi connectivity index (χ0v) is 19.1. The standard InChI is InChI=1S/C24H31N3O4S/c1-2-30-24(29)21(13-16-7-4-3-5-8-16)27-23(28)19-10-6-9-18-20(11-12-31-22(18)19)26-14-17(25)15-32/h3-10,17,20-21,26,32H,2,11-15,25H2,1H3,(H,27,28)/t17-,20?,21+/m1/s1. The van der Waals surface area contributed by atoms with Crippen LogP contribution < -0.4 is 21.1 Å². The lowest BCUT2D eigenvalue weighted by atomic mass is 9.96. The number of ether oxygens (including phenoxy) is 2. The van der Waals surface area contributed by atoms with Gasteiger partial charge in [-0.25, -0.2) is 4.79 Å². The van der Waals surface area contributed by atoms with E-state index in [1.165, 1.54) is 0 Å². The van der Waals surface area contributed by atoms with Crippen LogP contribution in [0, 0.1) is 0 Å². The van der Waals surface area contributed by atoms with Crippen LogP contribution in [-0.4, -0.2) is 49.5 Å². The first kappa shape index (κ1) is 24.1. The third-order valence-electron chi connectivity index (χ3n) is 5.34. The Kier molecular flexibility index (Phi) is 8.96. The number of carbonyl (C=O) groups is 2. The van der Waals surface area contributed by atoms with E-state index in [0.29, 0.717) is 36.6 Å². The second-order valence-electron chi connectivity index (χ2n) is 7.73. The van der Waals surface area contributed by atoms with Crippen LogP contribution in [0.2, 0.25) is 0 Å². The Balaban J connectivity index is 1.79. The molecule has 0 saturated carbocycles. The fraction of sp³-hybridized carbons (Fsp3) is 0.417. The third kappa shape index (κ3) is 6.25. The van der Waals surface area contributed by atoms with Gasteiger partial charge in [-0.05, 0) is 18.6 Å². The largest absolute Gasteiger partial charge is 0.492 e. The van der Waals surface area contributed by atoms with E-state index in [0.717, 1.165) is 17.5 Å². The molecule has 172 valence electrons. The smallest absolute Gasteiger partial charge is 0.328 e. The van der Waals surface area contributed by atoms with E-state index < -0.39 is 12.0 Å². The van der Waals surface area contributed by atoms with Gasteiger partial charge >= 0.3 is 5.97 Å². The number of nitrogens with two attached hydrogens (primary N) is 1. The van der Waals surface area contributed by atoms with Crippen LogP contribution in [0.4, 0.5) is 0 Å². The summed E-state index contributed by atoms with van der Waals surface area (Å²) >= 11 is 4.23. The van der Waals surface area contributed by atoms with E-state index in [2.05, 4.69) is 23.3 Å². The van der Waals surface area contributed by atoms with Crippen LogP contribution in [0.25, 0.3) is 0 Å². The minimum atomic E-state index is -0.799. The number of esters is 1. The Morgan fingerprint density at radius 3 is 2.72 bits per heavy atom. The molecular formula is C24H31N3O4S. The van der Waals surface area contributed by atoms with Crippen molar-refractivity contribution in [2.24, 2.45) is 5.73 Å². The molecule has 0 bridgehead atoms. The molecule has 8 heteroatoms. The van der Waals surface area contributed by atoms with E-state index in [1.54, 1.807) is 13.0 Å². The van der Waals surface area contributed by atoms with Gasteiger partial charge in [0, 0.05) is 42.8 Å². The normalized spacial score (nSPS) is 16.9. The van der Waals surface area contributed by atoms with Crippen LogP contribution in [0.3, 0.4) is 0 Å². The van der Waals surface area contributed by atoms with Gasteiger partial charge < -0.3 is 25.8 Å². The molecule has 2 aromatic rings. The summed E-state index contributed by atoms with van der Waals surface area (Å²) in [4.78, 5) is 25.7. The van der Waals surface area contributed by atoms with Gasteiger partial charge in [-0.1, -0.05) is 42.5 Å². The minimum absolute atomic E-state index is 0.0302. The van der Waals surface area contributed by atoms with Crippen molar-refractivity contribution in [2.75, 3.05) is 25.5 Å². The molecule has 3 atom stereocenters. The van der Waals surface area contributed by atoms with Crippen molar-refractivity contribution in [3.8, 4) is 5.75 Å². The topological polar surface area (TPSA) is 103 Å². The van der Waals surface area contributed by atoms with Crippen molar-refractivity contribution in [1.29, 1.82) is 0 Å². The lowest BCUT2D eigenvalue weighted by Gasteiger charge is -2.29. The first-order chi connectivity index (χ1) is 15.5. The highest BCUT2D eigenvalue weighted by Gasteiger charge is 2.29. The lowest BCUT2D eigenvalue weighted by Crippen LogP contribution is -2.44. The summed E-state index contributed by atoms with van der Waals surface area (Å²) in [5.74, 6) is 0.289. The minimum Gasteiger partial charge on any atom is -0.492 e. The molecule has 32 heavy (non-hydrogen) atoms. The monoisotopic (exact) mass is 457 g/mol. The molecule has 1 amide bonds. The van der Waals surface area contributed by atoms with Crippen molar-refractivity contribution >= 4 is 24.5 Å². The predicted octanol–water partition coefficient (Wildman–Crippen LogP) is 2.26. The highest BCUT2D eigenvalue weighted by molar-refractivity contribution is 7.80. The van der Waals surface area contributed by atoms with Crippen LogP contribution in [-0.2, 0) is 16.0 Å². The van der Waals surface area contributed by atoms with Crippen LogP contribution in [0.15, 0.2) is 48.5 Å². The molecule has 0 spiro atoms. The number of rotatable bonds is 10. The molecule has 0 saturated heterocycles. The lowest BCUT2D eigenvalue weighted by molar-refractivity contribution is -0.145. The van der Waals surface area contributed by atoms with Crippen LogP contribution in [0.5, 0.6) is 5.75 Å². The third-order valence-corrected chi connectivity index (χ3v) is 5.81. The van der Waals surface area contributed by atoms with E-state index in [1.807, 2.05) is 42.5 Å². The molecule has 0 radical (unpaired) electrons. The fourth-order valence-corrected chi connectivity index (χ4v) is 3.82. The van der Waals surface area contributed by atoms with Gasteiger partial charge in [0.1, 0.15) is 11.8 Å². The van der Waals surface area contributed by atoms with E-state index in [-0.39, 0.29) is 24.6 Å². The maximum atomic E-state index is 13.2. The van der Waals surface area contributed by atoms with E-state index in [9.17, 15) is 9.59 Å². The van der Waals surface area contributed by atoms with Gasteiger partial charge in [-0.3, -0.25) is 4.79 Å². The summed E-state index contributed by atoms with van der Waals surface area (Å²) in [6, 6.07) is 14.2. The molecule has 1 aliphatic heterocycles. The van der Waals surface area contributed by atoms with Gasteiger partial charge in [0.2, 0.25) is 0 Å². The van der Waals surface area contributed by atoms with Gasteiger partial charge in [-0.15, -0.1) is 0 Å². The van der Waals surface area contributed by atoms with Gasteiger partial charge in [0.15, 0.2) is 0 Å². The fourth-order valence-electron chi connectivity index (χ4n) is 3.70. The van der Waals surface area contributed by atoms with Crippen molar-refractivity contribution in [1.82, 2.24) is 10.6 Å². The summed E-state index contributed by atoms with van der Waals surface area (Å²) in [5.41, 5.74) is 8.22. The second-order valence-corrected chi connectivity index (χ2v) is 8.10. The molecule has 1 unspecified atom stereocenters. The Morgan fingerprint density at radius 1 is 1.22 bits per heavy atom.